The van der Waals surface area contributed by atoms with E-state index in [0.717, 1.165) is 12.0 Å². The molecule has 1 nitrogen and oxygen atoms in total. The Kier molecular flexibility index (Phi) is 3.70. The van der Waals surface area contributed by atoms with Gasteiger partial charge in [0.25, 0.3) is 0 Å². The first-order valence-corrected chi connectivity index (χ1v) is 4.67. The Morgan fingerprint density at radius 2 is 2.15 bits per heavy atom. The SMILES string of the molecule is CC(CCN)c1cc(F)cc(Cl)c1. The normalized spacial score (nSPS) is 12.9. The molecule has 0 bridgehead atoms. The molecule has 0 amide bonds. The van der Waals surface area contributed by atoms with E-state index in [1.54, 1.807) is 6.07 Å². The first-order valence-electron chi connectivity index (χ1n) is 4.29. The summed E-state index contributed by atoms with van der Waals surface area (Å²) in [6, 6.07) is 4.59. The third-order valence-electron chi connectivity index (χ3n) is 2.05. The summed E-state index contributed by atoms with van der Waals surface area (Å²) in [5, 5.41) is 0.443. The average molecular weight is 202 g/mol. The second-order valence-corrected chi connectivity index (χ2v) is 3.62. The maximum atomic E-state index is 12.9. The smallest absolute Gasteiger partial charge is 0.124 e. The highest BCUT2D eigenvalue weighted by atomic mass is 35.5. The second kappa shape index (κ2) is 4.58. The molecular formula is C10H13ClFN. The predicted molar refractivity (Wildman–Crippen MR) is 53.5 cm³/mol. The van der Waals surface area contributed by atoms with E-state index < -0.39 is 0 Å². The van der Waals surface area contributed by atoms with Crippen molar-refractivity contribution in [2.75, 3.05) is 6.54 Å². The van der Waals surface area contributed by atoms with Crippen LogP contribution in [-0.2, 0) is 0 Å². The number of hydrogen-bond donors (Lipinski definition) is 1. The van der Waals surface area contributed by atoms with E-state index in [1.165, 1.54) is 12.1 Å². The topological polar surface area (TPSA) is 26.0 Å². The monoisotopic (exact) mass is 201 g/mol. The Hall–Kier alpha value is -0.600. The number of nitrogens with two attached hydrogens (primary N) is 1. The molecule has 0 aromatic heterocycles. The van der Waals surface area contributed by atoms with Crippen LogP contribution < -0.4 is 5.73 Å². The molecule has 1 unspecified atom stereocenters. The van der Waals surface area contributed by atoms with E-state index in [0.29, 0.717) is 11.6 Å². The lowest BCUT2D eigenvalue weighted by Gasteiger charge is -2.10. The highest BCUT2D eigenvalue weighted by molar-refractivity contribution is 6.30. The zero-order valence-electron chi connectivity index (χ0n) is 7.56. The van der Waals surface area contributed by atoms with E-state index >= 15 is 0 Å². The molecule has 0 spiro atoms. The van der Waals surface area contributed by atoms with Crippen LogP contribution in [0.15, 0.2) is 18.2 Å². The number of hydrogen-bond acceptors (Lipinski definition) is 1. The van der Waals surface area contributed by atoms with Crippen molar-refractivity contribution in [2.24, 2.45) is 5.73 Å². The zero-order chi connectivity index (χ0) is 9.84. The van der Waals surface area contributed by atoms with Gasteiger partial charge in [-0.15, -0.1) is 0 Å². The van der Waals surface area contributed by atoms with Gasteiger partial charge in [0.15, 0.2) is 0 Å². The van der Waals surface area contributed by atoms with Crippen LogP contribution in [0, 0.1) is 5.82 Å². The minimum atomic E-state index is -0.286. The lowest BCUT2D eigenvalue weighted by atomic mass is 9.98. The van der Waals surface area contributed by atoms with Crippen molar-refractivity contribution < 1.29 is 4.39 Å². The van der Waals surface area contributed by atoms with E-state index in [9.17, 15) is 4.39 Å². The second-order valence-electron chi connectivity index (χ2n) is 3.18. The average Bonchev–Trinajstić information content (AvgIpc) is 2.03. The van der Waals surface area contributed by atoms with Gasteiger partial charge in [-0.1, -0.05) is 18.5 Å². The van der Waals surface area contributed by atoms with Gasteiger partial charge in [-0.2, -0.15) is 0 Å². The molecule has 1 aromatic rings. The van der Waals surface area contributed by atoms with Gasteiger partial charge in [0, 0.05) is 5.02 Å². The summed E-state index contributed by atoms with van der Waals surface area (Å²) in [6.45, 7) is 2.62. The Morgan fingerprint density at radius 1 is 1.46 bits per heavy atom. The molecule has 0 aliphatic heterocycles. The van der Waals surface area contributed by atoms with Gasteiger partial charge >= 0.3 is 0 Å². The molecule has 0 fully saturated rings. The number of halogens is 2. The van der Waals surface area contributed by atoms with Crippen LogP contribution in [-0.4, -0.2) is 6.54 Å². The highest BCUT2D eigenvalue weighted by Gasteiger charge is 2.06. The molecule has 1 atom stereocenters. The van der Waals surface area contributed by atoms with Crippen molar-refractivity contribution >= 4 is 11.6 Å². The maximum Gasteiger partial charge on any atom is 0.124 e. The summed E-state index contributed by atoms with van der Waals surface area (Å²) in [5.41, 5.74) is 6.33. The Balaban J connectivity index is 2.87. The molecular weight excluding hydrogens is 189 g/mol. The van der Waals surface area contributed by atoms with Crippen molar-refractivity contribution in [3.8, 4) is 0 Å². The molecule has 0 heterocycles. The van der Waals surface area contributed by atoms with Crippen LogP contribution in [0.25, 0.3) is 0 Å². The Bertz CT molecular complexity index is 268. The van der Waals surface area contributed by atoms with Gasteiger partial charge in [0.1, 0.15) is 5.82 Å². The molecule has 3 heteroatoms. The van der Waals surface area contributed by atoms with E-state index in [4.69, 9.17) is 17.3 Å². The number of rotatable bonds is 3. The van der Waals surface area contributed by atoms with Crippen molar-refractivity contribution in [3.05, 3.63) is 34.6 Å². The molecule has 1 aromatic carbocycles. The lowest BCUT2D eigenvalue weighted by Crippen LogP contribution is -2.04. The summed E-state index contributed by atoms with van der Waals surface area (Å²) < 4.78 is 12.9. The first kappa shape index (κ1) is 10.5. The molecule has 0 aliphatic rings. The molecule has 0 saturated carbocycles. The van der Waals surface area contributed by atoms with Crippen LogP contribution in [0.2, 0.25) is 5.02 Å². The minimum Gasteiger partial charge on any atom is -0.330 e. The van der Waals surface area contributed by atoms with Gasteiger partial charge < -0.3 is 5.73 Å². The van der Waals surface area contributed by atoms with Crippen LogP contribution >= 0.6 is 11.6 Å². The third-order valence-corrected chi connectivity index (χ3v) is 2.27. The first-order chi connectivity index (χ1) is 6.13. The Morgan fingerprint density at radius 3 is 2.69 bits per heavy atom. The zero-order valence-corrected chi connectivity index (χ0v) is 8.31. The molecule has 1 rings (SSSR count). The van der Waals surface area contributed by atoms with Crippen molar-refractivity contribution in [2.45, 2.75) is 19.3 Å². The fraction of sp³-hybridized carbons (Fsp3) is 0.400. The molecule has 72 valence electrons. The quantitative estimate of drug-likeness (QED) is 0.800. The largest absolute Gasteiger partial charge is 0.330 e. The van der Waals surface area contributed by atoms with E-state index in [2.05, 4.69) is 0 Å². The van der Waals surface area contributed by atoms with Crippen molar-refractivity contribution in [1.29, 1.82) is 0 Å². The summed E-state index contributed by atoms with van der Waals surface area (Å²) in [4.78, 5) is 0. The van der Waals surface area contributed by atoms with Crippen LogP contribution in [0.5, 0.6) is 0 Å². The summed E-state index contributed by atoms with van der Waals surface area (Å²) in [6.07, 6.45) is 0.847. The molecule has 2 N–H and O–H groups in total. The van der Waals surface area contributed by atoms with Crippen molar-refractivity contribution in [1.82, 2.24) is 0 Å². The summed E-state index contributed by atoms with van der Waals surface area (Å²) >= 11 is 5.72. The molecule has 0 saturated heterocycles. The molecule has 13 heavy (non-hydrogen) atoms. The van der Waals surface area contributed by atoms with Gasteiger partial charge in [-0.3, -0.25) is 0 Å². The lowest BCUT2D eigenvalue weighted by molar-refractivity contribution is 0.617. The van der Waals surface area contributed by atoms with E-state index in [-0.39, 0.29) is 11.7 Å². The van der Waals surface area contributed by atoms with Gasteiger partial charge in [0.05, 0.1) is 0 Å². The standard InChI is InChI=1S/C10H13ClFN/c1-7(2-3-13)8-4-9(11)6-10(12)5-8/h4-7H,2-3,13H2,1H3. The fourth-order valence-corrected chi connectivity index (χ4v) is 1.51. The van der Waals surface area contributed by atoms with Gasteiger partial charge in [-0.25, -0.2) is 4.39 Å². The number of benzene rings is 1. The molecule has 0 aliphatic carbocycles. The predicted octanol–water partition coefficient (Wildman–Crippen LogP) is 2.93. The van der Waals surface area contributed by atoms with Gasteiger partial charge in [-0.05, 0) is 42.6 Å². The Labute approximate surface area is 82.7 Å². The maximum absolute atomic E-state index is 12.9. The third kappa shape index (κ3) is 2.98. The van der Waals surface area contributed by atoms with Crippen LogP contribution in [0.4, 0.5) is 4.39 Å². The van der Waals surface area contributed by atoms with Crippen molar-refractivity contribution in [3.63, 3.8) is 0 Å². The summed E-state index contributed by atoms with van der Waals surface area (Å²) in [5.74, 6) is -0.0235. The summed E-state index contributed by atoms with van der Waals surface area (Å²) in [7, 11) is 0. The van der Waals surface area contributed by atoms with Gasteiger partial charge in [0.2, 0.25) is 0 Å². The van der Waals surface area contributed by atoms with E-state index in [1.807, 2.05) is 6.92 Å². The fourth-order valence-electron chi connectivity index (χ4n) is 1.28. The van der Waals surface area contributed by atoms with Crippen LogP contribution in [0.1, 0.15) is 24.8 Å². The van der Waals surface area contributed by atoms with Crippen LogP contribution in [0.3, 0.4) is 0 Å². The highest BCUT2D eigenvalue weighted by Crippen LogP contribution is 2.23. The minimum absolute atomic E-state index is 0.262. The molecule has 0 radical (unpaired) electrons.